The van der Waals surface area contributed by atoms with E-state index in [0.717, 1.165) is 55.7 Å². The first-order valence-electron chi connectivity index (χ1n) is 28.2. The van der Waals surface area contributed by atoms with E-state index in [2.05, 4.69) is 235 Å². The monoisotopic (exact) mass is 999 g/mol. The van der Waals surface area contributed by atoms with Gasteiger partial charge in [-0.25, -0.2) is 0 Å². The van der Waals surface area contributed by atoms with E-state index in [4.69, 9.17) is 0 Å². The molecule has 1 N–H and O–H groups in total. The summed E-state index contributed by atoms with van der Waals surface area (Å²) in [5, 5.41) is 3.11. The molecule has 0 spiro atoms. The third-order valence-electron chi connectivity index (χ3n) is 15.7. The minimum absolute atomic E-state index is 0.132. The highest BCUT2D eigenvalue weighted by molar-refractivity contribution is 5.24. The summed E-state index contributed by atoms with van der Waals surface area (Å²) in [7, 11) is 0. The van der Waals surface area contributed by atoms with Crippen molar-refractivity contribution in [2.45, 2.75) is 257 Å². The van der Waals surface area contributed by atoms with Gasteiger partial charge in [0.25, 0.3) is 0 Å². The van der Waals surface area contributed by atoms with E-state index in [1.807, 2.05) is 20.8 Å². The second kappa shape index (κ2) is 45.2. The highest BCUT2D eigenvalue weighted by Gasteiger charge is 2.31. The lowest BCUT2D eigenvalue weighted by molar-refractivity contribution is 0.135. The van der Waals surface area contributed by atoms with E-state index in [-0.39, 0.29) is 5.54 Å². The largest absolute Gasteiger partial charge is 0.317 e. The molecule has 0 amide bonds. The first-order valence-corrected chi connectivity index (χ1v) is 28.2. The summed E-state index contributed by atoms with van der Waals surface area (Å²) in [5.74, 6) is 1.85. The molecule has 420 valence electrons. The third kappa shape index (κ3) is 41.2. The summed E-state index contributed by atoms with van der Waals surface area (Å²) in [5.41, 5.74) is 20.8. The lowest BCUT2D eigenvalue weighted by Gasteiger charge is -2.42. The fourth-order valence-electron chi connectivity index (χ4n) is 6.70. The first kappa shape index (κ1) is 80.2. The zero-order valence-corrected chi connectivity index (χ0v) is 54.3. The predicted molar refractivity (Wildman–Crippen MR) is 342 cm³/mol. The van der Waals surface area contributed by atoms with Gasteiger partial charge in [-0.1, -0.05) is 212 Å². The van der Waals surface area contributed by atoms with Crippen LogP contribution >= 0.6 is 0 Å². The van der Waals surface area contributed by atoms with Crippen molar-refractivity contribution in [2.75, 3.05) is 26.2 Å². The lowest BCUT2D eigenvalue weighted by atomic mass is 9.70. The maximum atomic E-state index is 4.20. The Balaban J connectivity index is -0.000000182. The van der Waals surface area contributed by atoms with E-state index >= 15 is 0 Å². The second-order valence-corrected chi connectivity index (χ2v) is 22.6. The summed E-state index contributed by atoms with van der Waals surface area (Å²) >= 11 is 0. The molecule has 5 unspecified atom stereocenters. The molecular weight excluding hydrogens is 869 g/mol. The summed E-state index contributed by atoms with van der Waals surface area (Å²) in [6, 6.07) is 0. The molecule has 0 saturated heterocycles. The van der Waals surface area contributed by atoms with Crippen molar-refractivity contribution in [3.63, 3.8) is 0 Å². The summed E-state index contributed by atoms with van der Waals surface area (Å²) in [6.07, 6.45) is 14.3. The van der Waals surface area contributed by atoms with Crippen LogP contribution in [0.5, 0.6) is 0 Å². The van der Waals surface area contributed by atoms with Crippen LogP contribution in [0.2, 0.25) is 0 Å². The quantitative estimate of drug-likeness (QED) is 0.0859. The molecule has 1 aliphatic carbocycles. The van der Waals surface area contributed by atoms with Gasteiger partial charge in [0.2, 0.25) is 0 Å². The Morgan fingerprint density at radius 1 is 0.597 bits per heavy atom. The minimum atomic E-state index is 0.132. The first-order chi connectivity index (χ1) is 32.9. The molecule has 0 heterocycles. The molecule has 0 aromatic carbocycles. The average Bonchev–Trinajstić information content (AvgIpc) is 3.31. The van der Waals surface area contributed by atoms with Crippen molar-refractivity contribution in [3.05, 3.63) is 142 Å². The number of likely N-dealkylation sites (N-methyl/N-ethyl adjacent to an activating group) is 1. The molecular formula is C70H130N2. The van der Waals surface area contributed by atoms with Gasteiger partial charge < -0.3 is 5.32 Å². The molecule has 0 aromatic heterocycles. The molecule has 5 atom stereocenters. The topological polar surface area (TPSA) is 15.3 Å². The molecule has 1 aliphatic rings. The Labute approximate surface area is 456 Å². The number of allylic oxidation sites excluding steroid dienone is 15. The van der Waals surface area contributed by atoms with Crippen LogP contribution in [0.15, 0.2) is 142 Å². The molecule has 0 bridgehead atoms. The summed E-state index contributed by atoms with van der Waals surface area (Å²) in [4.78, 5) is 2.51. The van der Waals surface area contributed by atoms with Crippen molar-refractivity contribution in [1.82, 2.24) is 10.2 Å². The van der Waals surface area contributed by atoms with E-state index in [0.29, 0.717) is 23.2 Å². The van der Waals surface area contributed by atoms with Crippen molar-refractivity contribution in [3.8, 4) is 0 Å². The summed E-state index contributed by atoms with van der Waals surface area (Å²) < 4.78 is 0. The SMILES string of the molecule is C=C(C)/C(C)=C/CC(C)C(=C)C.C=C(C)C(=C)C.C=C(C)C(C)CC/C(C)=C(\C)CC.C=C(C)C(C)CCC(C)(C(=C)C)N(CC)CC.C=C(C)C1(C)CCC(C)=C(C)C1.CCC(C)=C(C)C.CCNCC. The molecule has 0 aromatic rings. The van der Waals surface area contributed by atoms with Crippen LogP contribution < -0.4 is 5.32 Å². The standard InChI is InChI=1S/C16H31N.C13H24.2C12H20.C7H14.C6H10.C4H11N/c1-9-17(10-2)16(8,14(5)6)12-11-15(7)13(3)4;1-7-11(4)13(6)9-8-12(5)10(2)3;1-9(2)12(5)7-6-10(3)11(4)8-12;1-9(2)11(5)7-8-12(6)10(3)4;1-5-7(4)6(2)3;1-5(2)6(3)4;1-3-5-4-2/h15H,3,5,9-12H2,1-2,4,6-8H3;12H,2,7-9H2,1,3-6H3;1,6-8H2,2-5H3;7,12H,1,3,8H2,2,4-6H3;5H2,1-4H3;1,3H2,2,4H3;5H,3-4H2,1-2H3/b;13-11+;;11-7+;;;. The second-order valence-electron chi connectivity index (χ2n) is 22.6. The molecule has 2 nitrogen and oxygen atoms in total. The molecule has 0 saturated carbocycles. The molecule has 2 heteroatoms. The average molecular weight is 1000 g/mol. The Morgan fingerprint density at radius 2 is 1.01 bits per heavy atom. The normalized spacial score (nSPS) is 16.2. The van der Waals surface area contributed by atoms with E-state index in [1.165, 1.54) is 96.0 Å². The number of rotatable bonds is 22. The van der Waals surface area contributed by atoms with E-state index < -0.39 is 0 Å². The van der Waals surface area contributed by atoms with Gasteiger partial charge in [0.05, 0.1) is 0 Å². The molecule has 0 aliphatic heterocycles. The van der Waals surface area contributed by atoms with Crippen molar-refractivity contribution in [1.29, 1.82) is 0 Å². The molecule has 72 heavy (non-hydrogen) atoms. The van der Waals surface area contributed by atoms with Crippen LogP contribution in [0.4, 0.5) is 0 Å². The predicted octanol–water partition coefficient (Wildman–Crippen LogP) is 23.1. The van der Waals surface area contributed by atoms with E-state index in [9.17, 15) is 0 Å². The lowest BCUT2D eigenvalue weighted by Crippen LogP contribution is -2.47. The van der Waals surface area contributed by atoms with Crippen molar-refractivity contribution >= 4 is 0 Å². The Hall–Kier alpha value is -3.20. The molecule has 0 radical (unpaired) electrons. The van der Waals surface area contributed by atoms with Gasteiger partial charge in [0.15, 0.2) is 0 Å². The Bertz CT molecular complexity index is 1720. The number of nitrogens with one attached hydrogen (secondary N) is 1. The van der Waals surface area contributed by atoms with Crippen LogP contribution in [0.25, 0.3) is 0 Å². The Morgan fingerprint density at radius 3 is 1.28 bits per heavy atom. The smallest absolute Gasteiger partial charge is 0.0387 e. The maximum absolute atomic E-state index is 4.20. The zero-order valence-electron chi connectivity index (χ0n) is 54.3. The molecule has 0 fully saturated rings. The maximum Gasteiger partial charge on any atom is 0.0387 e. The fourth-order valence-corrected chi connectivity index (χ4v) is 6.70. The van der Waals surface area contributed by atoms with Gasteiger partial charge in [-0.2, -0.15) is 0 Å². The highest BCUT2D eigenvalue weighted by Crippen LogP contribution is 2.43. The van der Waals surface area contributed by atoms with Crippen LogP contribution in [-0.4, -0.2) is 36.6 Å². The van der Waals surface area contributed by atoms with Gasteiger partial charge in [0.1, 0.15) is 0 Å². The third-order valence-corrected chi connectivity index (χ3v) is 15.7. The highest BCUT2D eigenvalue weighted by atomic mass is 15.2. The van der Waals surface area contributed by atoms with Gasteiger partial charge in [-0.3, -0.25) is 4.90 Å². The van der Waals surface area contributed by atoms with Crippen LogP contribution in [0.1, 0.15) is 251 Å². The van der Waals surface area contributed by atoms with Gasteiger partial charge in [-0.05, 0) is 231 Å². The van der Waals surface area contributed by atoms with Crippen LogP contribution in [0, 0.1) is 23.2 Å². The Kier molecular flexibility index (Phi) is 50.4. The van der Waals surface area contributed by atoms with Gasteiger partial charge in [0, 0.05) is 5.54 Å². The van der Waals surface area contributed by atoms with Crippen LogP contribution in [0.3, 0.4) is 0 Å². The van der Waals surface area contributed by atoms with Crippen LogP contribution in [-0.2, 0) is 0 Å². The summed E-state index contributed by atoms with van der Waals surface area (Å²) in [6.45, 7) is 94.4. The van der Waals surface area contributed by atoms with Crippen molar-refractivity contribution in [2.24, 2.45) is 23.2 Å². The van der Waals surface area contributed by atoms with Crippen molar-refractivity contribution < 1.29 is 0 Å². The van der Waals surface area contributed by atoms with Gasteiger partial charge in [-0.15, -0.1) is 0 Å². The molecule has 1 rings (SSSR count). The number of nitrogens with zero attached hydrogens (tertiary/aromatic N) is 1. The fraction of sp³-hybridized carbons (Fsp3) is 0.657. The van der Waals surface area contributed by atoms with Gasteiger partial charge >= 0.3 is 0 Å². The number of hydrogen-bond acceptors (Lipinski definition) is 2. The van der Waals surface area contributed by atoms with E-state index in [1.54, 1.807) is 22.3 Å². The minimum Gasteiger partial charge on any atom is -0.317 e. The number of hydrogen-bond donors (Lipinski definition) is 1. The zero-order chi connectivity index (χ0) is 58.3.